The highest BCUT2D eigenvalue weighted by Crippen LogP contribution is 2.32. The molecule has 2 aliphatic rings. The van der Waals surface area contributed by atoms with Crippen LogP contribution in [-0.2, 0) is 4.79 Å². The summed E-state index contributed by atoms with van der Waals surface area (Å²) in [6.45, 7) is 1.60. The number of hydrogen-bond donors (Lipinski definition) is 2. The summed E-state index contributed by atoms with van der Waals surface area (Å²) in [5.41, 5.74) is 4.79. The topological polar surface area (TPSA) is 44.4 Å². The number of carbonyl (C=O) groups excluding carboxylic acids is 1. The molecule has 2 aliphatic heterocycles. The van der Waals surface area contributed by atoms with Crippen LogP contribution in [-0.4, -0.2) is 30.0 Å². The molecule has 0 aliphatic carbocycles. The Labute approximate surface area is 117 Å². The molecule has 2 heterocycles. The van der Waals surface area contributed by atoms with Crippen LogP contribution < -0.4 is 10.7 Å². The molecule has 4 heteroatoms. The van der Waals surface area contributed by atoms with Gasteiger partial charge in [0.2, 0.25) is 5.91 Å². The Kier molecular flexibility index (Phi) is 2.72. The number of hydrazine groups is 1. The fourth-order valence-corrected chi connectivity index (χ4v) is 3.33. The summed E-state index contributed by atoms with van der Waals surface area (Å²) < 4.78 is 0. The molecule has 1 amide bonds. The SMILES string of the molecule is O=C1NCCN2NC(c3cccc4ccccc34)CC12. The van der Waals surface area contributed by atoms with Crippen molar-refractivity contribution < 1.29 is 4.79 Å². The highest BCUT2D eigenvalue weighted by Gasteiger charge is 2.39. The second-order valence-electron chi connectivity index (χ2n) is 5.49. The highest BCUT2D eigenvalue weighted by atomic mass is 16.2. The predicted molar refractivity (Wildman–Crippen MR) is 77.9 cm³/mol. The average Bonchev–Trinajstić information content (AvgIpc) is 2.92. The van der Waals surface area contributed by atoms with E-state index < -0.39 is 0 Å². The third-order valence-electron chi connectivity index (χ3n) is 4.31. The summed E-state index contributed by atoms with van der Waals surface area (Å²) in [7, 11) is 0. The van der Waals surface area contributed by atoms with E-state index in [0.29, 0.717) is 0 Å². The molecule has 0 aromatic heterocycles. The summed E-state index contributed by atoms with van der Waals surface area (Å²) in [6.07, 6.45) is 0.833. The molecule has 0 saturated carbocycles. The van der Waals surface area contributed by atoms with Gasteiger partial charge in [0.15, 0.2) is 0 Å². The van der Waals surface area contributed by atoms with Gasteiger partial charge in [0, 0.05) is 19.1 Å². The van der Waals surface area contributed by atoms with E-state index in [2.05, 4.69) is 58.2 Å². The van der Waals surface area contributed by atoms with Crippen molar-refractivity contribution in [3.05, 3.63) is 48.0 Å². The van der Waals surface area contributed by atoms with Crippen molar-refractivity contribution in [2.24, 2.45) is 0 Å². The van der Waals surface area contributed by atoms with Crippen LogP contribution in [0.15, 0.2) is 42.5 Å². The van der Waals surface area contributed by atoms with Crippen molar-refractivity contribution in [3.8, 4) is 0 Å². The predicted octanol–water partition coefficient (Wildman–Crippen LogP) is 1.59. The van der Waals surface area contributed by atoms with E-state index in [1.54, 1.807) is 0 Å². The molecule has 0 bridgehead atoms. The normalized spacial score (nSPS) is 26.5. The molecule has 2 aromatic carbocycles. The monoisotopic (exact) mass is 267 g/mol. The molecule has 2 fully saturated rings. The number of hydrogen-bond acceptors (Lipinski definition) is 3. The second-order valence-corrected chi connectivity index (χ2v) is 5.49. The van der Waals surface area contributed by atoms with Crippen molar-refractivity contribution in [2.75, 3.05) is 13.1 Å². The molecule has 102 valence electrons. The van der Waals surface area contributed by atoms with Crippen LogP contribution in [0.2, 0.25) is 0 Å². The maximum Gasteiger partial charge on any atom is 0.238 e. The summed E-state index contributed by atoms with van der Waals surface area (Å²) in [4.78, 5) is 11.9. The van der Waals surface area contributed by atoms with Gasteiger partial charge in [0.1, 0.15) is 6.04 Å². The zero-order chi connectivity index (χ0) is 13.5. The molecule has 2 saturated heterocycles. The van der Waals surface area contributed by atoms with Gasteiger partial charge in [-0.25, -0.2) is 10.4 Å². The Morgan fingerprint density at radius 2 is 1.95 bits per heavy atom. The summed E-state index contributed by atoms with van der Waals surface area (Å²) in [5.74, 6) is 0.145. The van der Waals surface area contributed by atoms with Gasteiger partial charge in [-0.15, -0.1) is 0 Å². The Morgan fingerprint density at radius 3 is 2.85 bits per heavy atom. The Morgan fingerprint density at radius 1 is 1.10 bits per heavy atom. The van der Waals surface area contributed by atoms with E-state index in [1.807, 2.05) is 0 Å². The van der Waals surface area contributed by atoms with Crippen molar-refractivity contribution >= 4 is 16.7 Å². The number of amides is 1. The Hall–Kier alpha value is -1.91. The van der Waals surface area contributed by atoms with Gasteiger partial charge in [0.25, 0.3) is 0 Å². The van der Waals surface area contributed by atoms with E-state index in [1.165, 1.54) is 16.3 Å². The Bertz CT molecular complexity index is 664. The summed E-state index contributed by atoms with van der Waals surface area (Å²) in [5, 5.41) is 7.55. The first-order chi connectivity index (χ1) is 9.83. The largest absolute Gasteiger partial charge is 0.353 e. The highest BCUT2D eigenvalue weighted by molar-refractivity contribution is 5.87. The number of rotatable bonds is 1. The van der Waals surface area contributed by atoms with Crippen LogP contribution in [0, 0.1) is 0 Å². The Balaban J connectivity index is 1.72. The van der Waals surface area contributed by atoms with E-state index >= 15 is 0 Å². The molecule has 2 unspecified atom stereocenters. The first kappa shape index (κ1) is 11.9. The molecule has 2 N–H and O–H groups in total. The molecule has 4 nitrogen and oxygen atoms in total. The standard InChI is InChI=1S/C16H17N3O/c20-16-15-10-14(18-19(15)9-8-17-16)13-7-3-5-11-4-1-2-6-12(11)13/h1-7,14-15,18H,8-10H2,(H,17,20). The van der Waals surface area contributed by atoms with Crippen LogP contribution >= 0.6 is 0 Å². The number of benzene rings is 2. The molecule has 2 atom stereocenters. The smallest absolute Gasteiger partial charge is 0.238 e. The zero-order valence-corrected chi connectivity index (χ0v) is 11.2. The number of nitrogens with one attached hydrogen (secondary N) is 2. The van der Waals surface area contributed by atoms with E-state index in [0.717, 1.165) is 19.5 Å². The third-order valence-corrected chi connectivity index (χ3v) is 4.31. The van der Waals surface area contributed by atoms with Gasteiger partial charge >= 0.3 is 0 Å². The quantitative estimate of drug-likeness (QED) is 0.824. The molecule has 4 rings (SSSR count). The van der Waals surface area contributed by atoms with Crippen LogP contribution in [0.5, 0.6) is 0 Å². The number of nitrogens with zero attached hydrogens (tertiary/aromatic N) is 1. The lowest BCUT2D eigenvalue weighted by Gasteiger charge is -2.28. The van der Waals surface area contributed by atoms with Crippen molar-refractivity contribution in [3.63, 3.8) is 0 Å². The first-order valence-corrected chi connectivity index (χ1v) is 7.11. The third kappa shape index (κ3) is 1.80. The van der Waals surface area contributed by atoms with Gasteiger partial charge in [0.05, 0.1) is 0 Å². The van der Waals surface area contributed by atoms with Gasteiger partial charge in [-0.05, 0) is 22.8 Å². The number of piperazine rings is 1. The van der Waals surface area contributed by atoms with Crippen LogP contribution in [0.1, 0.15) is 18.0 Å². The van der Waals surface area contributed by atoms with Crippen molar-refractivity contribution in [2.45, 2.75) is 18.5 Å². The minimum Gasteiger partial charge on any atom is -0.353 e. The lowest BCUT2D eigenvalue weighted by atomic mass is 9.95. The van der Waals surface area contributed by atoms with Gasteiger partial charge < -0.3 is 5.32 Å². The van der Waals surface area contributed by atoms with E-state index in [4.69, 9.17) is 0 Å². The number of fused-ring (bicyclic) bond motifs is 2. The van der Waals surface area contributed by atoms with Crippen LogP contribution in [0.4, 0.5) is 0 Å². The summed E-state index contributed by atoms with van der Waals surface area (Å²) >= 11 is 0. The fraction of sp³-hybridized carbons (Fsp3) is 0.312. The average molecular weight is 267 g/mol. The van der Waals surface area contributed by atoms with Crippen LogP contribution in [0.25, 0.3) is 10.8 Å². The molecular formula is C16H17N3O. The number of carbonyl (C=O) groups is 1. The minimum absolute atomic E-state index is 0.0345. The van der Waals surface area contributed by atoms with Gasteiger partial charge in [-0.2, -0.15) is 0 Å². The van der Waals surface area contributed by atoms with E-state index in [9.17, 15) is 4.79 Å². The lowest BCUT2D eigenvalue weighted by Crippen LogP contribution is -2.54. The maximum atomic E-state index is 11.9. The minimum atomic E-state index is -0.0345. The van der Waals surface area contributed by atoms with Crippen LogP contribution in [0.3, 0.4) is 0 Å². The summed E-state index contributed by atoms with van der Waals surface area (Å²) in [6, 6.07) is 15.0. The fourth-order valence-electron chi connectivity index (χ4n) is 3.33. The molecular weight excluding hydrogens is 250 g/mol. The molecule has 0 radical (unpaired) electrons. The zero-order valence-electron chi connectivity index (χ0n) is 11.2. The first-order valence-electron chi connectivity index (χ1n) is 7.11. The van der Waals surface area contributed by atoms with E-state index in [-0.39, 0.29) is 18.0 Å². The molecule has 0 spiro atoms. The maximum absolute atomic E-state index is 11.9. The van der Waals surface area contributed by atoms with Gasteiger partial charge in [-0.3, -0.25) is 4.79 Å². The molecule has 20 heavy (non-hydrogen) atoms. The van der Waals surface area contributed by atoms with Gasteiger partial charge in [-0.1, -0.05) is 42.5 Å². The molecule has 2 aromatic rings. The second kappa shape index (κ2) is 4.58. The lowest BCUT2D eigenvalue weighted by molar-refractivity contribution is -0.128. The van der Waals surface area contributed by atoms with Crippen molar-refractivity contribution in [1.29, 1.82) is 0 Å². The van der Waals surface area contributed by atoms with Crippen molar-refractivity contribution in [1.82, 2.24) is 15.8 Å².